The highest BCUT2D eigenvalue weighted by Crippen LogP contribution is 2.44. The van der Waals surface area contributed by atoms with Gasteiger partial charge < -0.3 is 5.11 Å². The van der Waals surface area contributed by atoms with Gasteiger partial charge in [0.25, 0.3) is 0 Å². The third kappa shape index (κ3) is 2.55. The van der Waals surface area contributed by atoms with Crippen molar-refractivity contribution >= 4 is 44.4 Å². The molecule has 7 heteroatoms. The van der Waals surface area contributed by atoms with Crippen molar-refractivity contribution in [3.63, 3.8) is 0 Å². The highest BCUT2D eigenvalue weighted by atomic mass is 32.2. The quantitative estimate of drug-likeness (QED) is 0.764. The van der Waals surface area contributed by atoms with Crippen molar-refractivity contribution in [2.45, 2.75) is 5.37 Å². The lowest BCUT2D eigenvalue weighted by Crippen LogP contribution is -2.27. The first-order valence-corrected chi connectivity index (χ1v) is 8.77. The number of aromatic nitrogens is 1. The van der Waals surface area contributed by atoms with Gasteiger partial charge in [-0.1, -0.05) is 23.5 Å². The lowest BCUT2D eigenvalue weighted by molar-refractivity contribution is -0.115. The molecular weight excluding hydrogens is 335 g/mol. The number of carbonyl (C=O) groups excluding carboxylic acids is 1. The molecule has 1 atom stereocenters. The molecule has 1 N–H and O–H groups in total. The van der Waals surface area contributed by atoms with Crippen LogP contribution in [0.15, 0.2) is 42.5 Å². The first-order chi connectivity index (χ1) is 11.1. The van der Waals surface area contributed by atoms with E-state index in [9.17, 15) is 14.3 Å². The van der Waals surface area contributed by atoms with Crippen molar-refractivity contribution in [2.24, 2.45) is 0 Å². The molecule has 116 valence electrons. The summed E-state index contributed by atoms with van der Waals surface area (Å²) in [5.41, 5.74) is 1.60. The normalized spacial score (nSPS) is 18.0. The number of anilines is 1. The number of amides is 1. The van der Waals surface area contributed by atoms with Crippen LogP contribution in [-0.2, 0) is 4.79 Å². The Balaban J connectivity index is 1.76. The van der Waals surface area contributed by atoms with E-state index in [-0.39, 0.29) is 22.8 Å². The van der Waals surface area contributed by atoms with Crippen LogP contribution in [0.3, 0.4) is 0 Å². The summed E-state index contributed by atoms with van der Waals surface area (Å²) in [4.78, 5) is 18.4. The fourth-order valence-corrected chi connectivity index (χ4v) is 4.76. The number of hydrogen-bond acceptors (Lipinski definition) is 5. The second kappa shape index (κ2) is 5.50. The maximum absolute atomic E-state index is 13.3. The standard InChI is InChI=1S/C16H11FN2O2S2/c17-10-3-6-12-13(7-10)23-16(18-12)19-14(21)8-22-15(19)9-1-4-11(20)5-2-9/h1-7,15,20H,8H2. The van der Waals surface area contributed by atoms with E-state index >= 15 is 0 Å². The van der Waals surface area contributed by atoms with Crippen LogP contribution in [0.25, 0.3) is 10.2 Å². The van der Waals surface area contributed by atoms with Gasteiger partial charge in [0.15, 0.2) is 5.13 Å². The number of hydrogen-bond donors (Lipinski definition) is 1. The van der Waals surface area contributed by atoms with Gasteiger partial charge in [0, 0.05) is 0 Å². The Morgan fingerprint density at radius 3 is 2.78 bits per heavy atom. The average Bonchev–Trinajstić information content (AvgIpc) is 3.10. The molecule has 0 saturated carbocycles. The Kier molecular flexibility index (Phi) is 3.46. The van der Waals surface area contributed by atoms with Crippen LogP contribution in [0.2, 0.25) is 0 Å². The van der Waals surface area contributed by atoms with E-state index in [0.717, 1.165) is 5.56 Å². The van der Waals surface area contributed by atoms with Gasteiger partial charge in [0.2, 0.25) is 5.91 Å². The van der Waals surface area contributed by atoms with E-state index in [2.05, 4.69) is 4.98 Å². The third-order valence-electron chi connectivity index (χ3n) is 3.59. The van der Waals surface area contributed by atoms with Gasteiger partial charge in [-0.3, -0.25) is 9.69 Å². The van der Waals surface area contributed by atoms with Crippen molar-refractivity contribution in [3.8, 4) is 5.75 Å². The number of rotatable bonds is 2. The van der Waals surface area contributed by atoms with Crippen LogP contribution in [0, 0.1) is 5.82 Å². The largest absolute Gasteiger partial charge is 0.508 e. The summed E-state index contributed by atoms with van der Waals surface area (Å²) in [6.45, 7) is 0. The predicted octanol–water partition coefficient (Wildman–Crippen LogP) is 3.92. The molecular formula is C16H11FN2O2S2. The summed E-state index contributed by atoms with van der Waals surface area (Å²) >= 11 is 2.82. The summed E-state index contributed by atoms with van der Waals surface area (Å²) in [5, 5.41) is 9.80. The highest BCUT2D eigenvalue weighted by Gasteiger charge is 2.36. The zero-order valence-corrected chi connectivity index (χ0v) is 13.4. The first kappa shape index (κ1) is 14.5. The molecule has 1 saturated heterocycles. The van der Waals surface area contributed by atoms with E-state index in [1.54, 1.807) is 35.2 Å². The number of aromatic hydroxyl groups is 1. The zero-order valence-electron chi connectivity index (χ0n) is 11.8. The number of halogens is 1. The van der Waals surface area contributed by atoms with Gasteiger partial charge in [0.05, 0.1) is 16.0 Å². The number of thioether (sulfide) groups is 1. The van der Waals surface area contributed by atoms with Gasteiger partial charge in [-0.15, -0.1) is 11.8 Å². The number of benzene rings is 2. The van der Waals surface area contributed by atoms with Gasteiger partial charge in [-0.25, -0.2) is 9.37 Å². The Hall–Kier alpha value is -2.12. The predicted molar refractivity (Wildman–Crippen MR) is 90.4 cm³/mol. The summed E-state index contributed by atoms with van der Waals surface area (Å²) < 4.78 is 14.1. The fourth-order valence-electron chi connectivity index (χ4n) is 2.51. The summed E-state index contributed by atoms with van der Waals surface area (Å²) in [6.07, 6.45) is 0. The summed E-state index contributed by atoms with van der Waals surface area (Å²) in [6, 6.07) is 11.2. The maximum Gasteiger partial charge on any atom is 0.240 e. The monoisotopic (exact) mass is 346 g/mol. The zero-order chi connectivity index (χ0) is 16.0. The number of carbonyl (C=O) groups is 1. The van der Waals surface area contributed by atoms with Crippen LogP contribution >= 0.6 is 23.1 Å². The van der Waals surface area contributed by atoms with Crippen LogP contribution in [-0.4, -0.2) is 21.8 Å². The van der Waals surface area contributed by atoms with E-state index in [4.69, 9.17) is 0 Å². The highest BCUT2D eigenvalue weighted by molar-refractivity contribution is 8.00. The molecule has 2 heterocycles. The van der Waals surface area contributed by atoms with Gasteiger partial charge >= 0.3 is 0 Å². The molecule has 23 heavy (non-hydrogen) atoms. The van der Waals surface area contributed by atoms with Crippen LogP contribution in [0.5, 0.6) is 5.75 Å². The lowest BCUT2D eigenvalue weighted by Gasteiger charge is -2.21. The lowest BCUT2D eigenvalue weighted by atomic mass is 10.2. The Labute approximate surface area is 139 Å². The molecule has 4 nitrogen and oxygen atoms in total. The number of thiazole rings is 1. The van der Waals surface area contributed by atoms with Gasteiger partial charge in [-0.05, 0) is 35.9 Å². The molecule has 1 aliphatic heterocycles. The van der Waals surface area contributed by atoms with Crippen molar-refractivity contribution in [1.29, 1.82) is 0 Å². The second-order valence-corrected chi connectivity index (χ2v) is 7.20. The molecule has 1 amide bonds. The first-order valence-electron chi connectivity index (χ1n) is 6.90. The summed E-state index contributed by atoms with van der Waals surface area (Å²) in [5.74, 6) is 0.220. The Morgan fingerprint density at radius 2 is 2.00 bits per heavy atom. The maximum atomic E-state index is 13.3. The van der Waals surface area contributed by atoms with Crippen LogP contribution < -0.4 is 4.90 Å². The minimum Gasteiger partial charge on any atom is -0.508 e. The van der Waals surface area contributed by atoms with E-state index < -0.39 is 0 Å². The molecule has 0 bridgehead atoms. The molecule has 1 aromatic heterocycles. The molecule has 1 fully saturated rings. The molecule has 1 aliphatic rings. The summed E-state index contributed by atoms with van der Waals surface area (Å²) in [7, 11) is 0. The second-order valence-electron chi connectivity index (χ2n) is 5.13. The Bertz CT molecular complexity index is 895. The number of phenolic OH excluding ortho intramolecular Hbond substituents is 1. The fraction of sp³-hybridized carbons (Fsp3) is 0.125. The Morgan fingerprint density at radius 1 is 1.22 bits per heavy atom. The van der Waals surface area contributed by atoms with E-state index in [0.29, 0.717) is 21.1 Å². The average molecular weight is 346 g/mol. The van der Waals surface area contributed by atoms with Crippen molar-refractivity contribution in [3.05, 3.63) is 53.8 Å². The van der Waals surface area contributed by atoms with E-state index in [1.807, 2.05) is 0 Å². The third-order valence-corrected chi connectivity index (χ3v) is 5.82. The number of phenols is 1. The van der Waals surface area contributed by atoms with Crippen LogP contribution in [0.1, 0.15) is 10.9 Å². The molecule has 0 aliphatic carbocycles. The molecule has 2 aromatic carbocycles. The topological polar surface area (TPSA) is 53.4 Å². The number of fused-ring (bicyclic) bond motifs is 1. The molecule has 3 aromatic rings. The van der Waals surface area contributed by atoms with Gasteiger partial charge in [-0.2, -0.15) is 0 Å². The van der Waals surface area contributed by atoms with Crippen molar-refractivity contribution in [2.75, 3.05) is 10.7 Å². The smallest absolute Gasteiger partial charge is 0.240 e. The van der Waals surface area contributed by atoms with Crippen molar-refractivity contribution < 1.29 is 14.3 Å². The molecule has 0 radical (unpaired) electrons. The minimum atomic E-state index is -0.315. The van der Waals surface area contributed by atoms with Crippen LogP contribution in [0.4, 0.5) is 9.52 Å². The molecule has 1 unspecified atom stereocenters. The molecule has 0 spiro atoms. The van der Waals surface area contributed by atoms with Gasteiger partial charge in [0.1, 0.15) is 16.9 Å². The molecule has 4 rings (SSSR count). The van der Waals surface area contributed by atoms with Crippen molar-refractivity contribution in [1.82, 2.24) is 4.98 Å². The minimum absolute atomic E-state index is 0.0207. The van der Waals surface area contributed by atoms with E-state index in [1.165, 1.54) is 35.2 Å². The number of nitrogens with zero attached hydrogens (tertiary/aromatic N) is 2. The SMILES string of the molecule is O=C1CSC(c2ccc(O)cc2)N1c1nc2ccc(F)cc2s1.